The van der Waals surface area contributed by atoms with Crippen LogP contribution in [0, 0.1) is 5.92 Å². The van der Waals surface area contributed by atoms with Crippen LogP contribution >= 0.6 is 0 Å². The van der Waals surface area contributed by atoms with E-state index in [2.05, 4.69) is 40.4 Å². The molecule has 0 aromatic rings. The van der Waals surface area contributed by atoms with Crippen molar-refractivity contribution in [3.8, 4) is 0 Å². The van der Waals surface area contributed by atoms with Crippen LogP contribution in [-0.2, 0) is 9.22 Å². The lowest BCUT2D eigenvalue weighted by Crippen LogP contribution is -2.46. The zero-order valence-corrected chi connectivity index (χ0v) is 14.3. The number of allylic oxidation sites excluding steroid dienone is 1. The van der Waals surface area contributed by atoms with Gasteiger partial charge in [-0.05, 0) is 37.4 Å². The first kappa shape index (κ1) is 16.6. The highest BCUT2D eigenvalue weighted by Crippen LogP contribution is 2.40. The summed E-state index contributed by atoms with van der Waals surface area (Å²) < 4.78 is 6.53. The molecule has 3 heteroatoms. The van der Waals surface area contributed by atoms with Crippen molar-refractivity contribution >= 4 is 14.1 Å². The highest BCUT2D eigenvalue weighted by atomic mass is 28.4. The van der Waals surface area contributed by atoms with Crippen LogP contribution in [0.1, 0.15) is 52.9 Å². The van der Waals surface area contributed by atoms with Crippen molar-refractivity contribution in [2.75, 3.05) is 0 Å². The second kappa shape index (κ2) is 6.36. The average Bonchev–Trinajstić information content (AvgIpc) is 2.42. The van der Waals surface area contributed by atoms with Gasteiger partial charge in [0, 0.05) is 12.3 Å². The molecule has 2 atom stereocenters. The maximum absolute atomic E-state index is 12.2. The topological polar surface area (TPSA) is 26.3 Å². The summed E-state index contributed by atoms with van der Waals surface area (Å²) in [5.41, 5.74) is 0. The van der Waals surface area contributed by atoms with Gasteiger partial charge in [0.1, 0.15) is 5.78 Å². The Bertz CT molecular complexity index is 328. The third kappa shape index (κ3) is 4.28. The van der Waals surface area contributed by atoms with Crippen LogP contribution in [0.3, 0.4) is 0 Å². The summed E-state index contributed by atoms with van der Waals surface area (Å²) in [6.07, 6.45) is 6.61. The molecule has 2 nitrogen and oxygen atoms in total. The zero-order chi connectivity index (χ0) is 14.7. The van der Waals surface area contributed by atoms with Gasteiger partial charge in [-0.15, -0.1) is 6.58 Å². The first-order valence-electron chi connectivity index (χ1n) is 7.50. The fourth-order valence-electron chi connectivity index (χ4n) is 2.40. The third-order valence-electron chi connectivity index (χ3n) is 4.70. The van der Waals surface area contributed by atoms with Gasteiger partial charge in [-0.3, -0.25) is 4.79 Å². The molecule has 0 aromatic carbocycles. The van der Waals surface area contributed by atoms with Crippen molar-refractivity contribution in [2.24, 2.45) is 5.92 Å². The molecule has 0 aliphatic heterocycles. The molecule has 0 amide bonds. The summed E-state index contributed by atoms with van der Waals surface area (Å²) in [5.74, 6) is 0.412. The molecule has 0 heterocycles. The van der Waals surface area contributed by atoms with E-state index in [1.807, 2.05) is 6.08 Å². The zero-order valence-electron chi connectivity index (χ0n) is 13.3. The molecule has 19 heavy (non-hydrogen) atoms. The van der Waals surface area contributed by atoms with Crippen molar-refractivity contribution in [1.29, 1.82) is 0 Å². The normalized spacial score (nSPS) is 26.1. The second-order valence-corrected chi connectivity index (χ2v) is 12.0. The van der Waals surface area contributed by atoms with Crippen LogP contribution in [0.4, 0.5) is 0 Å². The summed E-state index contributed by atoms with van der Waals surface area (Å²) in [4.78, 5) is 12.2. The van der Waals surface area contributed by atoms with Crippen molar-refractivity contribution < 1.29 is 9.22 Å². The summed E-state index contributed by atoms with van der Waals surface area (Å²) in [6.45, 7) is 15.1. The van der Waals surface area contributed by atoms with E-state index in [0.717, 1.165) is 32.1 Å². The fourth-order valence-corrected chi connectivity index (χ4v) is 3.79. The van der Waals surface area contributed by atoms with Crippen molar-refractivity contribution in [3.05, 3.63) is 12.7 Å². The van der Waals surface area contributed by atoms with Crippen LogP contribution in [0.5, 0.6) is 0 Å². The highest BCUT2D eigenvalue weighted by molar-refractivity contribution is 6.74. The minimum atomic E-state index is -1.80. The number of hydrogen-bond donors (Lipinski definition) is 0. The average molecular weight is 282 g/mol. The molecular formula is C16H30O2Si. The Morgan fingerprint density at radius 3 is 2.53 bits per heavy atom. The standard InChI is InChI=1S/C16H30O2Si/c1-7-10-13-14(17)11-8-9-12-15(13)18-19(5,6)16(2,3)4/h7,13,15H,1,8-12H2,2-6H3. The minimum absolute atomic E-state index is 0.0362. The van der Waals surface area contributed by atoms with Gasteiger partial charge in [0.05, 0.1) is 6.10 Å². The van der Waals surface area contributed by atoms with Gasteiger partial charge < -0.3 is 4.43 Å². The maximum Gasteiger partial charge on any atom is 0.192 e. The summed E-state index contributed by atoms with van der Waals surface area (Å²) in [5, 5.41) is 0.196. The summed E-state index contributed by atoms with van der Waals surface area (Å²) in [7, 11) is -1.80. The summed E-state index contributed by atoms with van der Waals surface area (Å²) in [6, 6.07) is 0. The van der Waals surface area contributed by atoms with Crippen LogP contribution in [0.15, 0.2) is 12.7 Å². The first-order chi connectivity index (χ1) is 8.69. The van der Waals surface area contributed by atoms with Crippen molar-refractivity contribution in [2.45, 2.75) is 77.1 Å². The molecule has 1 saturated carbocycles. The Hall–Kier alpha value is -0.413. The Morgan fingerprint density at radius 1 is 1.37 bits per heavy atom. The molecule has 1 aliphatic rings. The first-order valence-corrected chi connectivity index (χ1v) is 10.4. The van der Waals surface area contributed by atoms with Gasteiger partial charge in [0.15, 0.2) is 8.32 Å². The molecule has 0 saturated heterocycles. The molecule has 0 spiro atoms. The van der Waals surface area contributed by atoms with Gasteiger partial charge in [-0.25, -0.2) is 0 Å². The molecule has 110 valence electrons. The SMILES string of the molecule is C=CCC1C(=O)CCCCC1O[Si](C)(C)C(C)(C)C. The van der Waals surface area contributed by atoms with Gasteiger partial charge in [0.25, 0.3) is 0 Å². The monoisotopic (exact) mass is 282 g/mol. The van der Waals surface area contributed by atoms with Gasteiger partial charge in [-0.2, -0.15) is 0 Å². The van der Waals surface area contributed by atoms with Crippen LogP contribution in [0.2, 0.25) is 18.1 Å². The van der Waals surface area contributed by atoms with E-state index in [0.29, 0.717) is 5.78 Å². The quantitative estimate of drug-likeness (QED) is 0.424. The lowest BCUT2D eigenvalue weighted by Gasteiger charge is -2.40. The Kier molecular flexibility index (Phi) is 5.57. The molecule has 2 unspecified atom stereocenters. The van der Waals surface area contributed by atoms with Crippen molar-refractivity contribution in [1.82, 2.24) is 0 Å². The van der Waals surface area contributed by atoms with Gasteiger partial charge in [-0.1, -0.05) is 33.3 Å². The molecule has 1 fully saturated rings. The minimum Gasteiger partial charge on any atom is -0.413 e. The van der Waals surface area contributed by atoms with Gasteiger partial charge in [0.2, 0.25) is 0 Å². The van der Waals surface area contributed by atoms with E-state index in [-0.39, 0.29) is 17.1 Å². The largest absolute Gasteiger partial charge is 0.413 e. The van der Waals surface area contributed by atoms with E-state index in [1.165, 1.54) is 0 Å². The Labute approximate surface area is 119 Å². The Morgan fingerprint density at radius 2 is 2.00 bits per heavy atom. The summed E-state index contributed by atoms with van der Waals surface area (Å²) >= 11 is 0. The smallest absolute Gasteiger partial charge is 0.192 e. The molecule has 0 N–H and O–H groups in total. The second-order valence-electron chi connectivity index (χ2n) is 7.26. The van der Waals surface area contributed by atoms with Crippen molar-refractivity contribution in [3.63, 3.8) is 0 Å². The lowest BCUT2D eigenvalue weighted by molar-refractivity contribution is -0.125. The third-order valence-corrected chi connectivity index (χ3v) is 9.20. The maximum atomic E-state index is 12.2. The van der Waals surface area contributed by atoms with E-state index >= 15 is 0 Å². The van der Waals surface area contributed by atoms with Crippen LogP contribution in [-0.4, -0.2) is 20.2 Å². The number of ketones is 1. The van der Waals surface area contributed by atoms with E-state index in [9.17, 15) is 4.79 Å². The molecule has 1 aliphatic carbocycles. The Balaban J connectivity index is 2.87. The van der Waals surface area contributed by atoms with Crippen LogP contribution < -0.4 is 0 Å². The number of carbonyl (C=O) groups is 1. The lowest BCUT2D eigenvalue weighted by atomic mass is 9.93. The predicted octanol–water partition coefficient (Wildman–Crippen LogP) is 4.71. The molecule has 0 radical (unpaired) electrons. The fraction of sp³-hybridized carbons (Fsp3) is 0.812. The molecule has 0 bridgehead atoms. The van der Waals surface area contributed by atoms with E-state index in [1.54, 1.807) is 0 Å². The number of Topliss-reactive ketones (excluding diaryl/α,β-unsaturated/α-hetero) is 1. The molecule has 0 aromatic heterocycles. The van der Waals surface area contributed by atoms with E-state index < -0.39 is 8.32 Å². The highest BCUT2D eigenvalue weighted by Gasteiger charge is 2.42. The number of carbonyl (C=O) groups excluding carboxylic acids is 1. The number of rotatable bonds is 4. The predicted molar refractivity (Wildman–Crippen MR) is 83.8 cm³/mol. The molecular weight excluding hydrogens is 252 g/mol. The molecule has 1 rings (SSSR count). The van der Waals surface area contributed by atoms with Gasteiger partial charge >= 0.3 is 0 Å². The van der Waals surface area contributed by atoms with Crippen LogP contribution in [0.25, 0.3) is 0 Å². The van der Waals surface area contributed by atoms with E-state index in [4.69, 9.17) is 4.43 Å². The number of hydrogen-bond acceptors (Lipinski definition) is 2.